The highest BCUT2D eigenvalue weighted by atomic mass is 16.4. The van der Waals surface area contributed by atoms with Crippen LogP contribution >= 0.6 is 0 Å². The van der Waals surface area contributed by atoms with Gasteiger partial charge in [0.1, 0.15) is 18.1 Å². The maximum atomic E-state index is 12.7. The number of nitrogens with zero attached hydrogens (tertiary/aromatic N) is 1. The average Bonchev–Trinajstić information content (AvgIpc) is 3.22. The molecule has 0 aromatic carbocycles. The fourth-order valence-corrected chi connectivity index (χ4v) is 2.63. The first-order valence-electron chi connectivity index (χ1n) is 9.84. The molecule has 1 aromatic heterocycles. The van der Waals surface area contributed by atoms with Gasteiger partial charge in [0, 0.05) is 24.7 Å². The molecule has 33 heavy (non-hydrogen) atoms. The molecule has 0 saturated heterocycles. The van der Waals surface area contributed by atoms with Crippen LogP contribution in [0.4, 0.5) is 0 Å². The van der Waals surface area contributed by atoms with E-state index in [1.165, 1.54) is 19.4 Å². The van der Waals surface area contributed by atoms with Crippen molar-refractivity contribution in [3.05, 3.63) is 18.2 Å². The van der Waals surface area contributed by atoms with Crippen molar-refractivity contribution in [3.63, 3.8) is 0 Å². The van der Waals surface area contributed by atoms with Crippen molar-refractivity contribution in [3.8, 4) is 0 Å². The first-order valence-corrected chi connectivity index (χ1v) is 9.84. The third-order valence-corrected chi connectivity index (χ3v) is 4.42. The van der Waals surface area contributed by atoms with Crippen LogP contribution in [0.15, 0.2) is 12.5 Å². The SMILES string of the molecule is CC(NC(=O)C(N)CC(N)=O)C(=O)NC(Cc1cnc[nH]1)C(=O)NC(CCC(N)=O)C(=O)O. The van der Waals surface area contributed by atoms with Gasteiger partial charge in [0.05, 0.1) is 18.8 Å². The Labute approximate surface area is 188 Å². The maximum Gasteiger partial charge on any atom is 0.326 e. The summed E-state index contributed by atoms with van der Waals surface area (Å²) < 4.78 is 0. The standard InChI is InChI=1S/C18H28N8O7/c1-8(24-16(30)10(19)5-14(21)28)15(29)26-12(4-9-6-22-7-23-9)17(31)25-11(18(32)33)2-3-13(20)27/h6-8,10-12H,2-5,19H2,1H3,(H2,20,27)(H2,21,28)(H,22,23)(H,24,30)(H,25,31)(H,26,29)(H,32,33). The van der Waals surface area contributed by atoms with Gasteiger partial charge >= 0.3 is 5.97 Å². The lowest BCUT2D eigenvalue weighted by Crippen LogP contribution is -2.57. The topological polar surface area (TPSA) is 265 Å². The molecule has 182 valence electrons. The molecule has 0 spiro atoms. The minimum absolute atomic E-state index is 0.0818. The number of primary amides is 2. The van der Waals surface area contributed by atoms with E-state index in [4.69, 9.17) is 17.2 Å². The van der Waals surface area contributed by atoms with Crippen molar-refractivity contribution < 1.29 is 33.9 Å². The number of aromatic nitrogens is 2. The van der Waals surface area contributed by atoms with Crippen LogP contribution in [0.2, 0.25) is 0 Å². The van der Waals surface area contributed by atoms with Crippen LogP contribution in [-0.4, -0.2) is 74.7 Å². The number of carbonyl (C=O) groups excluding carboxylic acids is 5. The number of amides is 5. The lowest BCUT2D eigenvalue weighted by Gasteiger charge is -2.23. The molecule has 0 radical (unpaired) electrons. The summed E-state index contributed by atoms with van der Waals surface area (Å²) in [6, 6.07) is -5.09. The summed E-state index contributed by atoms with van der Waals surface area (Å²) in [6.07, 6.45) is 1.73. The van der Waals surface area contributed by atoms with Crippen LogP contribution in [0.25, 0.3) is 0 Å². The summed E-state index contributed by atoms with van der Waals surface area (Å²) in [5.74, 6) is -5.35. The summed E-state index contributed by atoms with van der Waals surface area (Å²) in [6.45, 7) is 1.32. The normalized spacial score (nSPS) is 14.2. The van der Waals surface area contributed by atoms with Gasteiger partial charge < -0.3 is 43.2 Å². The van der Waals surface area contributed by atoms with Crippen molar-refractivity contribution in [2.75, 3.05) is 0 Å². The Balaban J connectivity index is 2.88. The van der Waals surface area contributed by atoms with Crippen molar-refractivity contribution in [1.82, 2.24) is 25.9 Å². The van der Waals surface area contributed by atoms with Gasteiger partial charge in [0.15, 0.2) is 0 Å². The lowest BCUT2D eigenvalue weighted by atomic mass is 10.1. The Bertz CT molecular complexity index is 873. The Morgan fingerprint density at radius 1 is 1.00 bits per heavy atom. The van der Waals surface area contributed by atoms with Gasteiger partial charge in [-0.05, 0) is 13.3 Å². The van der Waals surface area contributed by atoms with E-state index in [9.17, 15) is 33.9 Å². The molecule has 1 rings (SSSR count). The van der Waals surface area contributed by atoms with E-state index in [0.29, 0.717) is 5.69 Å². The molecular formula is C18H28N8O7. The average molecular weight is 468 g/mol. The van der Waals surface area contributed by atoms with Gasteiger partial charge in [-0.25, -0.2) is 9.78 Å². The molecule has 1 aromatic rings. The number of rotatable bonds is 14. The quantitative estimate of drug-likeness (QED) is 0.132. The molecule has 15 heteroatoms. The van der Waals surface area contributed by atoms with Gasteiger partial charge in [-0.3, -0.25) is 24.0 Å². The third kappa shape index (κ3) is 9.77. The van der Waals surface area contributed by atoms with E-state index in [0.717, 1.165) is 0 Å². The largest absolute Gasteiger partial charge is 0.480 e. The molecule has 0 saturated carbocycles. The monoisotopic (exact) mass is 468 g/mol. The molecular weight excluding hydrogens is 440 g/mol. The highest BCUT2D eigenvalue weighted by Gasteiger charge is 2.29. The summed E-state index contributed by atoms with van der Waals surface area (Å²) >= 11 is 0. The number of carboxylic acid groups (broad SMARTS) is 1. The van der Waals surface area contributed by atoms with Gasteiger partial charge in [0.2, 0.25) is 29.5 Å². The van der Waals surface area contributed by atoms with E-state index in [-0.39, 0.29) is 19.3 Å². The summed E-state index contributed by atoms with van der Waals surface area (Å²) in [5, 5.41) is 16.3. The number of nitrogens with two attached hydrogens (primary N) is 3. The molecule has 1 heterocycles. The molecule has 0 aliphatic rings. The highest BCUT2D eigenvalue weighted by molar-refractivity contribution is 5.95. The molecule has 5 amide bonds. The first-order chi connectivity index (χ1) is 15.4. The van der Waals surface area contributed by atoms with Crippen LogP contribution in [0.3, 0.4) is 0 Å². The van der Waals surface area contributed by atoms with Gasteiger partial charge in [-0.15, -0.1) is 0 Å². The number of nitrogens with one attached hydrogen (secondary N) is 4. The predicted octanol–water partition coefficient (Wildman–Crippen LogP) is -4.02. The van der Waals surface area contributed by atoms with E-state index >= 15 is 0 Å². The fourth-order valence-electron chi connectivity index (χ4n) is 2.63. The zero-order chi connectivity index (χ0) is 25.1. The smallest absolute Gasteiger partial charge is 0.326 e. The van der Waals surface area contributed by atoms with Crippen LogP contribution in [0.1, 0.15) is 31.9 Å². The van der Waals surface area contributed by atoms with Gasteiger partial charge in [-0.2, -0.15) is 0 Å². The van der Waals surface area contributed by atoms with Gasteiger partial charge in [-0.1, -0.05) is 0 Å². The Hall–Kier alpha value is -4.01. The van der Waals surface area contributed by atoms with E-state index < -0.39 is 66.1 Å². The van der Waals surface area contributed by atoms with E-state index in [1.807, 2.05) is 0 Å². The van der Waals surface area contributed by atoms with Gasteiger partial charge in [0.25, 0.3) is 0 Å². The van der Waals surface area contributed by atoms with Crippen molar-refractivity contribution in [2.24, 2.45) is 17.2 Å². The molecule has 4 atom stereocenters. The number of imidazole rings is 1. The van der Waals surface area contributed by atoms with Crippen LogP contribution in [-0.2, 0) is 35.2 Å². The zero-order valence-corrected chi connectivity index (χ0v) is 17.9. The second kappa shape index (κ2) is 12.7. The number of H-pyrrole nitrogens is 1. The second-order valence-corrected chi connectivity index (χ2v) is 7.25. The van der Waals surface area contributed by atoms with Crippen molar-refractivity contribution in [2.45, 2.75) is 56.8 Å². The first kappa shape index (κ1) is 27.0. The minimum Gasteiger partial charge on any atom is -0.480 e. The number of aromatic amines is 1. The molecule has 11 N–H and O–H groups in total. The number of aliphatic carboxylic acids is 1. The highest BCUT2D eigenvalue weighted by Crippen LogP contribution is 2.03. The third-order valence-electron chi connectivity index (χ3n) is 4.42. The van der Waals surface area contributed by atoms with Crippen LogP contribution < -0.4 is 33.2 Å². The lowest BCUT2D eigenvalue weighted by molar-refractivity contribution is -0.142. The molecule has 0 aliphatic heterocycles. The molecule has 0 bridgehead atoms. The number of carbonyl (C=O) groups is 6. The molecule has 0 fully saturated rings. The van der Waals surface area contributed by atoms with Crippen LogP contribution in [0.5, 0.6) is 0 Å². The Morgan fingerprint density at radius 2 is 1.64 bits per heavy atom. The Morgan fingerprint density at radius 3 is 2.15 bits per heavy atom. The minimum atomic E-state index is -1.42. The number of hydrogen-bond acceptors (Lipinski definition) is 8. The number of hydrogen-bond donors (Lipinski definition) is 8. The van der Waals surface area contributed by atoms with E-state index in [2.05, 4.69) is 25.9 Å². The predicted molar refractivity (Wildman–Crippen MR) is 112 cm³/mol. The summed E-state index contributed by atoms with van der Waals surface area (Å²) in [7, 11) is 0. The maximum absolute atomic E-state index is 12.7. The zero-order valence-electron chi connectivity index (χ0n) is 17.9. The molecule has 15 nitrogen and oxygen atoms in total. The summed E-state index contributed by atoms with van der Waals surface area (Å²) in [5.41, 5.74) is 16.0. The van der Waals surface area contributed by atoms with E-state index in [1.54, 1.807) is 0 Å². The summed E-state index contributed by atoms with van der Waals surface area (Å²) in [4.78, 5) is 77.1. The molecule has 4 unspecified atom stereocenters. The number of carboxylic acids is 1. The Kier molecular flexibility index (Phi) is 10.4. The fraction of sp³-hybridized carbons (Fsp3) is 0.500. The van der Waals surface area contributed by atoms with Crippen molar-refractivity contribution in [1.29, 1.82) is 0 Å². The van der Waals surface area contributed by atoms with Crippen LogP contribution in [0, 0.1) is 0 Å². The van der Waals surface area contributed by atoms with Crippen molar-refractivity contribution >= 4 is 35.5 Å². The second-order valence-electron chi connectivity index (χ2n) is 7.25. The molecule has 0 aliphatic carbocycles.